The molecule has 1 nitrogen and oxygen atoms in total. The maximum absolute atomic E-state index is 9.68. The summed E-state index contributed by atoms with van der Waals surface area (Å²) in [5.74, 6) is 0. The number of benzene rings is 1. The van der Waals surface area contributed by atoms with Crippen molar-refractivity contribution in [3.63, 3.8) is 0 Å². The predicted octanol–water partition coefficient (Wildman–Crippen LogP) is 10.1. The first-order valence-electron chi connectivity index (χ1n) is 14.5. The molecule has 0 atom stereocenters. The molecule has 0 aromatic heterocycles. The number of hydrogen-bond acceptors (Lipinski definition) is 1. The molecule has 186 valence electrons. The highest BCUT2D eigenvalue weighted by molar-refractivity contribution is 5.30. The quantitative estimate of drug-likeness (QED) is 0.166. The van der Waals surface area contributed by atoms with Gasteiger partial charge in [0.1, 0.15) is 0 Å². The molecule has 1 aromatic carbocycles. The molecule has 0 radical (unpaired) electrons. The van der Waals surface area contributed by atoms with Crippen LogP contribution in [0.15, 0.2) is 18.2 Å². The number of hydrogen-bond donors (Lipinski definition) is 1. The first-order chi connectivity index (χ1) is 15.8. The maximum atomic E-state index is 9.68. The van der Waals surface area contributed by atoms with Crippen molar-refractivity contribution < 1.29 is 5.11 Å². The maximum Gasteiger partial charge on any atom is 0.0682 e. The van der Waals surface area contributed by atoms with Gasteiger partial charge in [-0.05, 0) is 42.4 Å². The third-order valence-corrected chi connectivity index (χ3v) is 6.93. The summed E-state index contributed by atoms with van der Waals surface area (Å²) in [5.41, 5.74) is 3.99. The fourth-order valence-corrected chi connectivity index (χ4v) is 4.85. The lowest BCUT2D eigenvalue weighted by Gasteiger charge is -2.09. The standard InChI is InChI=1S/C31H56O/c1-3-5-7-9-11-13-15-17-19-21-23-29-25-30(27-31(26-29)28-32)24-22-20-18-16-14-12-10-8-6-4-2/h25-27,32H,3-24,28H2,1-2H3. The SMILES string of the molecule is CCCCCCCCCCCCc1cc(CO)cc(CCCCCCCCCCCC)c1. The van der Waals surface area contributed by atoms with E-state index < -0.39 is 0 Å². The monoisotopic (exact) mass is 444 g/mol. The average Bonchev–Trinajstić information content (AvgIpc) is 2.81. The number of rotatable bonds is 23. The van der Waals surface area contributed by atoms with E-state index in [1.165, 1.54) is 152 Å². The van der Waals surface area contributed by atoms with Crippen molar-refractivity contribution in [2.45, 2.75) is 162 Å². The minimum atomic E-state index is 0.177. The van der Waals surface area contributed by atoms with Gasteiger partial charge in [0.2, 0.25) is 0 Å². The lowest BCUT2D eigenvalue weighted by atomic mass is 9.97. The van der Waals surface area contributed by atoms with Crippen LogP contribution in [0, 0.1) is 0 Å². The van der Waals surface area contributed by atoms with Crippen LogP contribution in [0.3, 0.4) is 0 Å². The Balaban J connectivity index is 2.13. The van der Waals surface area contributed by atoms with E-state index in [1.54, 1.807) is 0 Å². The molecule has 0 aliphatic rings. The highest BCUT2D eigenvalue weighted by atomic mass is 16.3. The van der Waals surface area contributed by atoms with Crippen LogP contribution in [-0.4, -0.2) is 5.11 Å². The molecule has 1 N–H and O–H groups in total. The van der Waals surface area contributed by atoms with E-state index in [-0.39, 0.29) is 6.61 Å². The van der Waals surface area contributed by atoms with Gasteiger partial charge in [-0.1, -0.05) is 148 Å². The zero-order chi connectivity index (χ0) is 23.1. The molecular formula is C31H56O. The van der Waals surface area contributed by atoms with Crippen LogP contribution in [0.25, 0.3) is 0 Å². The van der Waals surface area contributed by atoms with Crippen molar-refractivity contribution in [1.82, 2.24) is 0 Å². The van der Waals surface area contributed by atoms with E-state index in [0.29, 0.717) is 0 Å². The Morgan fingerprint density at radius 3 is 1.00 bits per heavy atom. The number of unbranched alkanes of at least 4 members (excludes halogenated alkanes) is 18. The van der Waals surface area contributed by atoms with Crippen molar-refractivity contribution in [2.75, 3.05) is 0 Å². The molecule has 1 aromatic rings. The molecule has 0 saturated carbocycles. The van der Waals surface area contributed by atoms with Crippen molar-refractivity contribution in [1.29, 1.82) is 0 Å². The molecule has 0 fully saturated rings. The Morgan fingerprint density at radius 1 is 0.406 bits per heavy atom. The van der Waals surface area contributed by atoms with Crippen molar-refractivity contribution in [3.05, 3.63) is 34.9 Å². The van der Waals surface area contributed by atoms with Gasteiger partial charge in [0, 0.05) is 0 Å². The van der Waals surface area contributed by atoms with Gasteiger partial charge in [-0.3, -0.25) is 0 Å². The summed E-state index contributed by atoms with van der Waals surface area (Å²) >= 11 is 0. The van der Waals surface area contributed by atoms with Crippen LogP contribution in [0.4, 0.5) is 0 Å². The van der Waals surface area contributed by atoms with Gasteiger partial charge in [0.15, 0.2) is 0 Å². The van der Waals surface area contributed by atoms with Crippen LogP contribution in [0.1, 0.15) is 159 Å². The minimum Gasteiger partial charge on any atom is -0.392 e. The molecule has 1 heteroatoms. The van der Waals surface area contributed by atoms with Gasteiger partial charge < -0.3 is 5.11 Å². The molecule has 0 aliphatic carbocycles. The summed E-state index contributed by atoms with van der Waals surface area (Å²) in [6.07, 6.45) is 30.2. The smallest absolute Gasteiger partial charge is 0.0682 e. The molecule has 0 saturated heterocycles. The molecular weight excluding hydrogens is 388 g/mol. The first-order valence-corrected chi connectivity index (χ1v) is 14.5. The summed E-state index contributed by atoms with van der Waals surface area (Å²) in [4.78, 5) is 0. The third-order valence-electron chi connectivity index (χ3n) is 6.93. The van der Waals surface area contributed by atoms with E-state index >= 15 is 0 Å². The number of aryl methyl sites for hydroxylation is 2. The molecule has 0 heterocycles. The molecule has 32 heavy (non-hydrogen) atoms. The van der Waals surface area contributed by atoms with Crippen LogP contribution in [0.5, 0.6) is 0 Å². The summed E-state index contributed by atoms with van der Waals surface area (Å²) < 4.78 is 0. The van der Waals surface area contributed by atoms with E-state index in [9.17, 15) is 5.11 Å². The molecule has 1 rings (SSSR count). The summed E-state index contributed by atoms with van der Waals surface area (Å²) in [6, 6.07) is 6.88. The van der Waals surface area contributed by atoms with Gasteiger partial charge in [0.25, 0.3) is 0 Å². The second-order valence-corrected chi connectivity index (χ2v) is 10.2. The van der Waals surface area contributed by atoms with Crippen LogP contribution in [0.2, 0.25) is 0 Å². The fourth-order valence-electron chi connectivity index (χ4n) is 4.85. The topological polar surface area (TPSA) is 20.2 Å². The lowest BCUT2D eigenvalue weighted by Crippen LogP contribution is -1.95. The van der Waals surface area contributed by atoms with Crippen LogP contribution < -0.4 is 0 Å². The Labute approximate surface area is 201 Å². The minimum absolute atomic E-state index is 0.177. The Bertz CT molecular complexity index is 479. The predicted molar refractivity (Wildman–Crippen MR) is 143 cm³/mol. The van der Waals surface area contributed by atoms with Crippen LogP contribution >= 0.6 is 0 Å². The van der Waals surface area contributed by atoms with Gasteiger partial charge in [-0.15, -0.1) is 0 Å². The highest BCUT2D eigenvalue weighted by Gasteiger charge is 2.03. The Hall–Kier alpha value is -0.820. The number of aliphatic hydroxyl groups excluding tert-OH is 1. The molecule has 0 amide bonds. The lowest BCUT2D eigenvalue weighted by molar-refractivity contribution is 0.281. The Morgan fingerprint density at radius 2 is 0.688 bits per heavy atom. The average molecular weight is 445 g/mol. The van der Waals surface area contributed by atoms with Gasteiger partial charge in [-0.2, -0.15) is 0 Å². The zero-order valence-electron chi connectivity index (χ0n) is 21.9. The first kappa shape index (κ1) is 29.2. The van der Waals surface area contributed by atoms with Crippen molar-refractivity contribution in [2.24, 2.45) is 0 Å². The van der Waals surface area contributed by atoms with Crippen molar-refractivity contribution >= 4 is 0 Å². The molecule has 0 aliphatic heterocycles. The van der Waals surface area contributed by atoms with Gasteiger partial charge in [-0.25, -0.2) is 0 Å². The fraction of sp³-hybridized carbons (Fsp3) is 0.806. The molecule has 0 bridgehead atoms. The van der Waals surface area contributed by atoms with Gasteiger partial charge in [0.05, 0.1) is 6.61 Å². The number of aliphatic hydroxyl groups is 1. The largest absolute Gasteiger partial charge is 0.392 e. The van der Waals surface area contributed by atoms with Crippen LogP contribution in [-0.2, 0) is 19.4 Å². The highest BCUT2D eigenvalue weighted by Crippen LogP contribution is 2.18. The van der Waals surface area contributed by atoms with Crippen molar-refractivity contribution in [3.8, 4) is 0 Å². The van der Waals surface area contributed by atoms with E-state index in [2.05, 4.69) is 32.0 Å². The van der Waals surface area contributed by atoms with Gasteiger partial charge >= 0.3 is 0 Å². The summed E-state index contributed by atoms with van der Waals surface area (Å²) in [5, 5.41) is 9.68. The second-order valence-electron chi connectivity index (χ2n) is 10.2. The molecule has 0 spiro atoms. The third kappa shape index (κ3) is 16.8. The molecule has 0 unspecified atom stereocenters. The second kappa shape index (κ2) is 22.0. The summed E-state index contributed by atoms with van der Waals surface area (Å²) in [6.45, 7) is 4.76. The van der Waals surface area contributed by atoms with E-state index in [4.69, 9.17) is 0 Å². The van der Waals surface area contributed by atoms with E-state index in [1.807, 2.05) is 0 Å². The zero-order valence-corrected chi connectivity index (χ0v) is 21.9. The normalized spacial score (nSPS) is 11.3. The summed E-state index contributed by atoms with van der Waals surface area (Å²) in [7, 11) is 0. The Kier molecular flexibility index (Phi) is 20.1. The van der Waals surface area contributed by atoms with E-state index in [0.717, 1.165) is 5.56 Å².